The summed E-state index contributed by atoms with van der Waals surface area (Å²) in [5.41, 5.74) is 0.832. The Morgan fingerprint density at radius 2 is 1.74 bits per heavy atom. The molecule has 3 aromatic carbocycles. The molecule has 1 amide bonds. The van der Waals surface area contributed by atoms with E-state index >= 15 is 0 Å². The maximum absolute atomic E-state index is 13.3. The standard InChI is InChI=1S/C27H19Cl2NO5/c1-34-26-20(28)12-16(13-21(26)29)24(31)22-23(19-10-4-7-15-6-2-3-9-18(15)19)30(27(33)25(22)32)14-17-8-5-11-35-17/h2-13,23,31H,14H2,1H3/b24-22+. The molecule has 2 heterocycles. The van der Waals surface area contributed by atoms with Crippen molar-refractivity contribution in [3.8, 4) is 5.75 Å². The zero-order valence-electron chi connectivity index (χ0n) is 18.5. The van der Waals surface area contributed by atoms with Crippen LogP contribution in [0.3, 0.4) is 0 Å². The van der Waals surface area contributed by atoms with Gasteiger partial charge in [-0.15, -0.1) is 0 Å². The van der Waals surface area contributed by atoms with Gasteiger partial charge in [-0.25, -0.2) is 0 Å². The van der Waals surface area contributed by atoms with Gasteiger partial charge >= 0.3 is 0 Å². The van der Waals surface area contributed by atoms with Gasteiger partial charge in [0.2, 0.25) is 0 Å². The molecule has 1 aromatic heterocycles. The van der Waals surface area contributed by atoms with Crippen molar-refractivity contribution in [3.05, 3.63) is 105 Å². The highest BCUT2D eigenvalue weighted by Gasteiger charge is 2.47. The number of ketones is 1. The first-order chi connectivity index (χ1) is 16.9. The summed E-state index contributed by atoms with van der Waals surface area (Å²) in [7, 11) is 1.42. The third kappa shape index (κ3) is 3.95. The van der Waals surface area contributed by atoms with Crippen LogP contribution in [0.25, 0.3) is 16.5 Å². The molecule has 1 aliphatic rings. The van der Waals surface area contributed by atoms with Crippen LogP contribution in [-0.4, -0.2) is 28.8 Å². The Hall–Kier alpha value is -3.74. The lowest BCUT2D eigenvalue weighted by Crippen LogP contribution is -2.29. The molecule has 4 aromatic rings. The first kappa shape index (κ1) is 23.0. The highest BCUT2D eigenvalue weighted by molar-refractivity contribution is 6.47. The van der Waals surface area contributed by atoms with Crippen LogP contribution in [0.15, 0.2) is 83.0 Å². The van der Waals surface area contributed by atoms with Gasteiger partial charge in [0.1, 0.15) is 11.5 Å². The number of ether oxygens (including phenoxy) is 1. The Kier molecular flexibility index (Phi) is 6.01. The maximum atomic E-state index is 13.3. The van der Waals surface area contributed by atoms with Crippen molar-refractivity contribution >= 4 is 51.4 Å². The highest BCUT2D eigenvalue weighted by atomic mass is 35.5. The maximum Gasteiger partial charge on any atom is 0.296 e. The van der Waals surface area contributed by atoms with Gasteiger partial charge in [0.25, 0.3) is 11.7 Å². The first-order valence-corrected chi connectivity index (χ1v) is 11.5. The van der Waals surface area contributed by atoms with Gasteiger partial charge in [0, 0.05) is 5.56 Å². The number of hydrogen-bond acceptors (Lipinski definition) is 5. The first-order valence-electron chi connectivity index (χ1n) is 10.7. The second kappa shape index (κ2) is 9.13. The largest absolute Gasteiger partial charge is 0.507 e. The number of amides is 1. The number of nitrogens with zero attached hydrogens (tertiary/aromatic N) is 1. The number of carbonyl (C=O) groups excluding carboxylic acids is 2. The van der Waals surface area contributed by atoms with E-state index in [0.717, 1.165) is 10.8 Å². The highest BCUT2D eigenvalue weighted by Crippen LogP contribution is 2.44. The van der Waals surface area contributed by atoms with E-state index in [9.17, 15) is 14.7 Å². The molecule has 6 nitrogen and oxygen atoms in total. The number of hydrogen-bond donors (Lipinski definition) is 1. The molecule has 0 spiro atoms. The average molecular weight is 508 g/mol. The number of rotatable bonds is 5. The molecule has 176 valence electrons. The lowest BCUT2D eigenvalue weighted by molar-refractivity contribution is -0.140. The topological polar surface area (TPSA) is 80.0 Å². The fourth-order valence-corrected chi connectivity index (χ4v) is 5.11. The summed E-state index contributed by atoms with van der Waals surface area (Å²) in [6.07, 6.45) is 1.50. The molecule has 0 aliphatic carbocycles. The quantitative estimate of drug-likeness (QED) is 0.193. The van der Waals surface area contributed by atoms with Crippen LogP contribution < -0.4 is 4.74 Å². The zero-order valence-corrected chi connectivity index (χ0v) is 20.0. The molecule has 0 bridgehead atoms. The number of likely N-dealkylation sites (tertiary alicyclic amines) is 1. The van der Waals surface area contributed by atoms with Crippen LogP contribution in [0.5, 0.6) is 5.75 Å². The monoisotopic (exact) mass is 507 g/mol. The smallest absolute Gasteiger partial charge is 0.296 e. The number of fused-ring (bicyclic) bond motifs is 1. The molecule has 0 radical (unpaired) electrons. The Morgan fingerprint density at radius 3 is 2.43 bits per heavy atom. The van der Waals surface area contributed by atoms with Gasteiger partial charge in [-0.05, 0) is 40.6 Å². The lowest BCUT2D eigenvalue weighted by atomic mass is 9.91. The minimum absolute atomic E-state index is 0.0480. The van der Waals surface area contributed by atoms with Gasteiger partial charge in [0.15, 0.2) is 5.75 Å². The van der Waals surface area contributed by atoms with Crippen LogP contribution in [-0.2, 0) is 16.1 Å². The fraction of sp³-hybridized carbons (Fsp3) is 0.111. The van der Waals surface area contributed by atoms with E-state index in [2.05, 4.69) is 0 Å². The van der Waals surface area contributed by atoms with E-state index in [1.807, 2.05) is 42.5 Å². The van der Waals surface area contributed by atoms with Crippen molar-refractivity contribution in [1.82, 2.24) is 4.90 Å². The summed E-state index contributed by atoms with van der Waals surface area (Å²) < 4.78 is 10.6. The lowest BCUT2D eigenvalue weighted by Gasteiger charge is -2.25. The van der Waals surface area contributed by atoms with Crippen LogP contribution >= 0.6 is 23.2 Å². The predicted octanol–water partition coefficient (Wildman–Crippen LogP) is 6.37. The third-order valence-electron chi connectivity index (χ3n) is 6.04. The van der Waals surface area contributed by atoms with Crippen molar-refractivity contribution in [2.24, 2.45) is 0 Å². The normalized spacial score (nSPS) is 17.3. The molecular weight excluding hydrogens is 489 g/mol. The number of halogens is 2. The Balaban J connectivity index is 1.75. The average Bonchev–Trinajstić information content (AvgIpc) is 3.45. The van der Waals surface area contributed by atoms with Gasteiger partial charge in [-0.3, -0.25) is 9.59 Å². The molecule has 8 heteroatoms. The van der Waals surface area contributed by atoms with E-state index in [1.165, 1.54) is 30.4 Å². The molecule has 1 aliphatic heterocycles. The second-order valence-corrected chi connectivity index (χ2v) is 8.86. The van der Waals surface area contributed by atoms with Gasteiger partial charge in [0.05, 0.1) is 41.6 Å². The van der Waals surface area contributed by atoms with E-state index in [0.29, 0.717) is 11.3 Å². The Labute approximate surface area is 210 Å². The molecule has 1 fully saturated rings. The summed E-state index contributed by atoms with van der Waals surface area (Å²) >= 11 is 12.6. The number of Topliss-reactive ketones (excluding diaryl/α,β-unsaturated/α-hetero) is 1. The van der Waals surface area contributed by atoms with Crippen LogP contribution in [0.4, 0.5) is 0 Å². The molecule has 1 unspecified atom stereocenters. The molecule has 1 saturated heterocycles. The number of benzene rings is 3. The van der Waals surface area contributed by atoms with Crippen molar-refractivity contribution in [2.75, 3.05) is 7.11 Å². The third-order valence-corrected chi connectivity index (χ3v) is 6.60. The summed E-state index contributed by atoms with van der Waals surface area (Å²) in [6, 6.07) is 18.7. The molecule has 1 atom stereocenters. The number of methoxy groups -OCH3 is 1. The Bertz CT molecular complexity index is 1460. The molecular formula is C27H19Cl2NO5. The molecule has 1 N–H and O–H groups in total. The number of carbonyl (C=O) groups is 2. The second-order valence-electron chi connectivity index (χ2n) is 8.05. The fourth-order valence-electron chi connectivity index (χ4n) is 4.47. The van der Waals surface area contributed by atoms with Crippen LogP contribution in [0.1, 0.15) is 22.9 Å². The van der Waals surface area contributed by atoms with Gasteiger partial charge in [-0.2, -0.15) is 0 Å². The number of furan rings is 1. The molecule has 0 saturated carbocycles. The summed E-state index contributed by atoms with van der Waals surface area (Å²) in [5, 5.41) is 13.5. The van der Waals surface area contributed by atoms with Crippen molar-refractivity contribution in [2.45, 2.75) is 12.6 Å². The zero-order chi connectivity index (χ0) is 24.7. The van der Waals surface area contributed by atoms with E-state index in [-0.39, 0.29) is 39.2 Å². The van der Waals surface area contributed by atoms with Gasteiger partial charge in [-0.1, -0.05) is 65.7 Å². The van der Waals surface area contributed by atoms with E-state index in [4.69, 9.17) is 32.4 Å². The molecule has 5 rings (SSSR count). The minimum Gasteiger partial charge on any atom is -0.507 e. The van der Waals surface area contributed by atoms with E-state index in [1.54, 1.807) is 12.1 Å². The van der Waals surface area contributed by atoms with Crippen LogP contribution in [0, 0.1) is 0 Å². The number of aliphatic hydroxyl groups excluding tert-OH is 1. The Morgan fingerprint density at radius 1 is 1.03 bits per heavy atom. The number of aliphatic hydroxyl groups is 1. The van der Waals surface area contributed by atoms with Crippen molar-refractivity contribution in [3.63, 3.8) is 0 Å². The van der Waals surface area contributed by atoms with Crippen molar-refractivity contribution in [1.29, 1.82) is 0 Å². The van der Waals surface area contributed by atoms with E-state index < -0.39 is 17.7 Å². The summed E-state index contributed by atoms with van der Waals surface area (Å²) in [5.74, 6) is -1.18. The SMILES string of the molecule is COc1c(Cl)cc(/C(O)=C2\C(=O)C(=O)N(Cc3ccco3)C2c2cccc3ccccc23)cc1Cl. The summed E-state index contributed by atoms with van der Waals surface area (Å²) in [6.45, 7) is 0.0480. The predicted molar refractivity (Wildman–Crippen MR) is 134 cm³/mol. The van der Waals surface area contributed by atoms with Crippen molar-refractivity contribution < 1.29 is 23.8 Å². The minimum atomic E-state index is -0.870. The summed E-state index contributed by atoms with van der Waals surface area (Å²) in [4.78, 5) is 28.0. The molecule has 35 heavy (non-hydrogen) atoms. The van der Waals surface area contributed by atoms with Gasteiger partial charge < -0.3 is 19.2 Å². The van der Waals surface area contributed by atoms with Crippen LogP contribution in [0.2, 0.25) is 10.0 Å².